The molecule has 0 radical (unpaired) electrons. The third-order valence-corrected chi connectivity index (χ3v) is 3.61. The number of benzene rings is 2. The first-order chi connectivity index (χ1) is 10.6. The molecular weight excluding hydrogens is 278 g/mol. The van der Waals surface area contributed by atoms with E-state index in [1.807, 2.05) is 6.07 Å². The number of hydrogen-bond donors (Lipinski definition) is 1. The first kappa shape index (κ1) is 14.0. The van der Waals surface area contributed by atoms with Gasteiger partial charge in [0, 0.05) is 0 Å². The lowest BCUT2D eigenvalue weighted by atomic mass is 10.1. The lowest BCUT2D eigenvalue weighted by Crippen LogP contribution is -2.44. The second kappa shape index (κ2) is 5.41. The van der Waals surface area contributed by atoms with Crippen LogP contribution in [0.2, 0.25) is 0 Å². The van der Waals surface area contributed by atoms with E-state index in [2.05, 4.69) is 6.07 Å². The summed E-state index contributed by atoms with van der Waals surface area (Å²) in [7, 11) is 0. The third-order valence-electron chi connectivity index (χ3n) is 3.61. The maximum Gasteiger partial charge on any atom is 0.268 e. The van der Waals surface area contributed by atoms with E-state index >= 15 is 0 Å². The van der Waals surface area contributed by atoms with E-state index in [1.165, 1.54) is 0 Å². The van der Waals surface area contributed by atoms with Gasteiger partial charge in [0.05, 0.1) is 23.9 Å². The second-order valence-corrected chi connectivity index (χ2v) is 5.19. The molecule has 2 aromatic rings. The van der Waals surface area contributed by atoms with Crippen LogP contribution in [-0.2, 0) is 11.3 Å². The number of nitrogens with zero attached hydrogens (tertiary/aromatic N) is 2. The zero-order valence-electron chi connectivity index (χ0n) is 12.1. The highest BCUT2D eigenvalue weighted by Crippen LogP contribution is 2.39. The largest absolute Gasteiger partial charge is 0.479 e. The van der Waals surface area contributed by atoms with Crippen LogP contribution in [0.15, 0.2) is 42.5 Å². The van der Waals surface area contributed by atoms with Crippen molar-refractivity contribution >= 4 is 17.3 Å². The number of rotatable bonds is 2. The van der Waals surface area contributed by atoms with Crippen LogP contribution in [0.5, 0.6) is 5.75 Å². The van der Waals surface area contributed by atoms with Gasteiger partial charge in [-0.3, -0.25) is 9.69 Å². The van der Waals surface area contributed by atoms with Crippen LogP contribution in [-0.4, -0.2) is 12.0 Å². The first-order valence-corrected chi connectivity index (χ1v) is 6.95. The zero-order chi connectivity index (χ0) is 15.7. The van der Waals surface area contributed by atoms with Crippen molar-refractivity contribution in [2.24, 2.45) is 0 Å². The fourth-order valence-electron chi connectivity index (χ4n) is 2.57. The molecule has 0 bridgehead atoms. The number of para-hydroxylation sites is 1. The minimum atomic E-state index is -0.562. The molecule has 5 nitrogen and oxygen atoms in total. The smallest absolute Gasteiger partial charge is 0.268 e. The summed E-state index contributed by atoms with van der Waals surface area (Å²) in [5.41, 5.74) is 8.54. The van der Waals surface area contributed by atoms with Crippen LogP contribution >= 0.6 is 0 Å². The summed E-state index contributed by atoms with van der Waals surface area (Å²) in [5.74, 6) is 0.455. The van der Waals surface area contributed by atoms with Crippen LogP contribution in [0.1, 0.15) is 18.1 Å². The highest BCUT2D eigenvalue weighted by atomic mass is 16.5. The zero-order valence-corrected chi connectivity index (χ0v) is 12.1. The standard InChI is InChI=1S/C17H15N3O2/c1-11-17(21)20(10-13-5-2-4-12(8-13)9-18)16-14(19)6-3-7-15(16)22-11/h2-8,11H,10,19H2,1H3. The Balaban J connectivity index is 2.02. The van der Waals surface area contributed by atoms with Crippen molar-refractivity contribution in [3.63, 3.8) is 0 Å². The predicted octanol–water partition coefficient (Wildman–Crippen LogP) is 2.45. The molecule has 2 aromatic carbocycles. The highest BCUT2D eigenvalue weighted by Gasteiger charge is 2.32. The third kappa shape index (κ3) is 2.35. The normalized spacial score (nSPS) is 16.6. The van der Waals surface area contributed by atoms with Gasteiger partial charge in [-0.15, -0.1) is 0 Å². The molecule has 1 heterocycles. The Morgan fingerprint density at radius 1 is 1.32 bits per heavy atom. The van der Waals surface area contributed by atoms with Crippen molar-refractivity contribution in [1.82, 2.24) is 0 Å². The number of carbonyl (C=O) groups is 1. The molecule has 0 saturated heterocycles. The van der Waals surface area contributed by atoms with Crippen LogP contribution in [0.4, 0.5) is 11.4 Å². The summed E-state index contributed by atoms with van der Waals surface area (Å²) in [6, 6.07) is 14.6. The minimum Gasteiger partial charge on any atom is -0.479 e. The molecule has 0 spiro atoms. The number of amides is 1. The molecule has 0 saturated carbocycles. The molecule has 110 valence electrons. The molecule has 5 heteroatoms. The van der Waals surface area contributed by atoms with E-state index in [9.17, 15) is 4.79 Å². The molecule has 1 amide bonds. The Hall–Kier alpha value is -3.00. The van der Waals surface area contributed by atoms with Crippen molar-refractivity contribution in [1.29, 1.82) is 5.26 Å². The molecule has 1 atom stereocenters. The molecule has 2 N–H and O–H groups in total. The van der Waals surface area contributed by atoms with Gasteiger partial charge in [0.1, 0.15) is 11.4 Å². The predicted molar refractivity (Wildman–Crippen MR) is 83.3 cm³/mol. The van der Waals surface area contributed by atoms with Gasteiger partial charge < -0.3 is 10.5 Å². The number of ether oxygens (including phenoxy) is 1. The van der Waals surface area contributed by atoms with E-state index in [0.717, 1.165) is 5.56 Å². The fraction of sp³-hybridized carbons (Fsp3) is 0.176. The number of nitrogens with two attached hydrogens (primary N) is 1. The molecule has 0 fully saturated rings. The molecule has 22 heavy (non-hydrogen) atoms. The Morgan fingerprint density at radius 2 is 2.09 bits per heavy atom. The Labute approximate surface area is 128 Å². The first-order valence-electron chi connectivity index (χ1n) is 6.95. The van der Waals surface area contributed by atoms with Crippen LogP contribution in [0.25, 0.3) is 0 Å². The lowest BCUT2D eigenvalue weighted by molar-refractivity contribution is -0.125. The summed E-state index contributed by atoms with van der Waals surface area (Å²) in [6.07, 6.45) is -0.562. The average Bonchev–Trinajstić information content (AvgIpc) is 2.52. The van der Waals surface area contributed by atoms with Crippen molar-refractivity contribution in [3.8, 4) is 11.8 Å². The quantitative estimate of drug-likeness (QED) is 0.863. The summed E-state index contributed by atoms with van der Waals surface area (Å²) in [4.78, 5) is 14.1. The lowest BCUT2D eigenvalue weighted by Gasteiger charge is -2.34. The van der Waals surface area contributed by atoms with Gasteiger partial charge in [0.25, 0.3) is 5.91 Å². The number of anilines is 2. The van der Waals surface area contributed by atoms with Crippen LogP contribution in [0, 0.1) is 11.3 Å². The molecule has 3 rings (SSSR count). The number of hydrogen-bond acceptors (Lipinski definition) is 4. The molecule has 0 aromatic heterocycles. The van der Waals surface area contributed by atoms with Crippen LogP contribution in [0.3, 0.4) is 0 Å². The van der Waals surface area contributed by atoms with Gasteiger partial charge >= 0.3 is 0 Å². The van der Waals surface area contributed by atoms with Gasteiger partial charge in [-0.05, 0) is 36.8 Å². The van der Waals surface area contributed by atoms with E-state index < -0.39 is 6.10 Å². The van der Waals surface area contributed by atoms with Gasteiger partial charge in [-0.25, -0.2) is 0 Å². The van der Waals surface area contributed by atoms with E-state index in [4.69, 9.17) is 15.7 Å². The van der Waals surface area contributed by atoms with Crippen molar-refractivity contribution < 1.29 is 9.53 Å². The maximum absolute atomic E-state index is 12.5. The molecular formula is C17H15N3O2. The fourth-order valence-corrected chi connectivity index (χ4v) is 2.57. The maximum atomic E-state index is 12.5. The highest BCUT2D eigenvalue weighted by molar-refractivity contribution is 6.02. The Morgan fingerprint density at radius 3 is 2.86 bits per heavy atom. The number of nitrogen functional groups attached to an aromatic ring is 1. The van der Waals surface area contributed by atoms with Crippen molar-refractivity contribution in [2.75, 3.05) is 10.6 Å². The summed E-state index contributed by atoms with van der Waals surface area (Å²) in [6.45, 7) is 2.07. The molecule has 0 aliphatic carbocycles. The van der Waals surface area contributed by atoms with E-state index in [0.29, 0.717) is 29.2 Å². The Kier molecular flexibility index (Phi) is 3.43. The van der Waals surface area contributed by atoms with Crippen molar-refractivity contribution in [3.05, 3.63) is 53.6 Å². The minimum absolute atomic E-state index is 0.146. The summed E-state index contributed by atoms with van der Waals surface area (Å²) < 4.78 is 5.61. The number of fused-ring (bicyclic) bond motifs is 1. The van der Waals surface area contributed by atoms with Gasteiger partial charge in [-0.2, -0.15) is 5.26 Å². The monoisotopic (exact) mass is 293 g/mol. The van der Waals surface area contributed by atoms with Gasteiger partial charge in [-0.1, -0.05) is 18.2 Å². The van der Waals surface area contributed by atoms with Crippen molar-refractivity contribution in [2.45, 2.75) is 19.6 Å². The molecule has 1 aliphatic heterocycles. The van der Waals surface area contributed by atoms with Gasteiger partial charge in [0.15, 0.2) is 6.10 Å². The average molecular weight is 293 g/mol. The summed E-state index contributed by atoms with van der Waals surface area (Å²) >= 11 is 0. The summed E-state index contributed by atoms with van der Waals surface area (Å²) in [5, 5.41) is 8.99. The second-order valence-electron chi connectivity index (χ2n) is 5.19. The SMILES string of the molecule is CC1Oc2cccc(N)c2N(Cc2cccc(C#N)c2)C1=O. The topological polar surface area (TPSA) is 79.3 Å². The van der Waals surface area contributed by atoms with E-state index in [-0.39, 0.29) is 5.91 Å². The molecule has 1 aliphatic rings. The van der Waals surface area contributed by atoms with Crippen LogP contribution < -0.4 is 15.4 Å². The number of nitriles is 1. The van der Waals surface area contributed by atoms with Gasteiger partial charge in [0.2, 0.25) is 0 Å². The number of carbonyl (C=O) groups excluding carboxylic acids is 1. The van der Waals surface area contributed by atoms with E-state index in [1.54, 1.807) is 48.2 Å². The molecule has 1 unspecified atom stereocenters. The Bertz CT molecular complexity index is 780.